The van der Waals surface area contributed by atoms with Gasteiger partial charge in [0.2, 0.25) is 5.91 Å². The second-order valence-corrected chi connectivity index (χ2v) is 4.64. The minimum Gasteiger partial charge on any atom is -0.433 e. The SMILES string of the molecule is Cc1ccc(NC(=O)CNc2ccccc2OC(F)F)cc1. The zero-order chi connectivity index (χ0) is 15.9. The second-order valence-electron chi connectivity index (χ2n) is 4.64. The molecule has 1 amide bonds. The Morgan fingerprint density at radius 3 is 2.50 bits per heavy atom. The molecule has 116 valence electrons. The predicted molar refractivity (Wildman–Crippen MR) is 81.4 cm³/mol. The molecule has 0 aliphatic heterocycles. The third kappa shape index (κ3) is 4.73. The Balaban J connectivity index is 1.92. The van der Waals surface area contributed by atoms with Crippen molar-refractivity contribution in [3.8, 4) is 5.75 Å². The lowest BCUT2D eigenvalue weighted by Gasteiger charge is -2.12. The van der Waals surface area contributed by atoms with E-state index in [1.807, 2.05) is 19.1 Å². The minimum absolute atomic E-state index is 0.000589. The molecule has 2 rings (SSSR count). The van der Waals surface area contributed by atoms with Crippen molar-refractivity contribution in [3.05, 3.63) is 54.1 Å². The van der Waals surface area contributed by atoms with Gasteiger partial charge in [0, 0.05) is 5.69 Å². The summed E-state index contributed by atoms with van der Waals surface area (Å²) in [6.45, 7) is -1.02. The number of carbonyl (C=O) groups is 1. The molecule has 0 radical (unpaired) electrons. The molecule has 0 fully saturated rings. The highest BCUT2D eigenvalue weighted by Gasteiger charge is 2.10. The predicted octanol–water partition coefficient (Wildman–Crippen LogP) is 3.65. The number of amides is 1. The molecule has 0 saturated heterocycles. The normalized spacial score (nSPS) is 10.4. The Morgan fingerprint density at radius 2 is 1.82 bits per heavy atom. The number of rotatable bonds is 6. The lowest BCUT2D eigenvalue weighted by Crippen LogP contribution is -2.22. The Labute approximate surface area is 127 Å². The summed E-state index contributed by atoms with van der Waals surface area (Å²) in [6, 6.07) is 13.6. The van der Waals surface area contributed by atoms with Gasteiger partial charge in [-0.15, -0.1) is 0 Å². The van der Waals surface area contributed by atoms with Crippen LogP contribution in [0.5, 0.6) is 5.75 Å². The molecular weight excluding hydrogens is 290 g/mol. The number of aryl methyl sites for hydroxylation is 1. The van der Waals surface area contributed by atoms with Crippen LogP contribution in [0.3, 0.4) is 0 Å². The standard InChI is InChI=1S/C16H16F2N2O2/c1-11-6-8-12(9-7-11)20-15(21)10-19-13-4-2-3-5-14(13)22-16(17)18/h2-9,16,19H,10H2,1H3,(H,20,21). The highest BCUT2D eigenvalue weighted by molar-refractivity contribution is 5.93. The van der Waals surface area contributed by atoms with E-state index in [1.54, 1.807) is 30.3 Å². The summed E-state index contributed by atoms with van der Waals surface area (Å²) < 4.78 is 29.0. The van der Waals surface area contributed by atoms with Gasteiger partial charge in [-0.25, -0.2) is 0 Å². The van der Waals surface area contributed by atoms with Crippen LogP contribution in [0.2, 0.25) is 0 Å². The van der Waals surface area contributed by atoms with Crippen molar-refractivity contribution in [1.82, 2.24) is 0 Å². The lowest BCUT2D eigenvalue weighted by atomic mass is 10.2. The van der Waals surface area contributed by atoms with Gasteiger partial charge in [-0.05, 0) is 31.2 Å². The van der Waals surface area contributed by atoms with Crippen LogP contribution < -0.4 is 15.4 Å². The van der Waals surface area contributed by atoms with Gasteiger partial charge in [0.05, 0.1) is 12.2 Å². The van der Waals surface area contributed by atoms with Gasteiger partial charge in [0.25, 0.3) is 0 Å². The fourth-order valence-electron chi connectivity index (χ4n) is 1.83. The van der Waals surface area contributed by atoms with Gasteiger partial charge in [-0.3, -0.25) is 4.79 Å². The Morgan fingerprint density at radius 1 is 1.14 bits per heavy atom. The van der Waals surface area contributed by atoms with Crippen molar-refractivity contribution in [2.24, 2.45) is 0 Å². The molecule has 0 unspecified atom stereocenters. The summed E-state index contributed by atoms with van der Waals surface area (Å²) in [5.41, 5.74) is 2.10. The van der Waals surface area contributed by atoms with Crippen molar-refractivity contribution in [1.29, 1.82) is 0 Å². The highest BCUT2D eigenvalue weighted by Crippen LogP contribution is 2.25. The summed E-state index contributed by atoms with van der Waals surface area (Å²) in [5, 5.41) is 5.49. The first-order valence-corrected chi connectivity index (χ1v) is 6.69. The maximum absolute atomic E-state index is 12.3. The smallest absolute Gasteiger partial charge is 0.387 e. The molecule has 6 heteroatoms. The molecule has 0 saturated carbocycles. The number of benzene rings is 2. The first-order valence-electron chi connectivity index (χ1n) is 6.69. The number of anilines is 2. The van der Waals surface area contributed by atoms with E-state index in [-0.39, 0.29) is 18.2 Å². The molecule has 2 N–H and O–H groups in total. The Hall–Kier alpha value is -2.63. The quantitative estimate of drug-likeness (QED) is 0.856. The fraction of sp³-hybridized carbons (Fsp3) is 0.188. The zero-order valence-electron chi connectivity index (χ0n) is 12.0. The second kappa shape index (κ2) is 7.40. The third-order valence-electron chi connectivity index (χ3n) is 2.88. The summed E-state index contributed by atoms with van der Waals surface area (Å²) in [7, 11) is 0. The minimum atomic E-state index is -2.91. The number of ether oxygens (including phenoxy) is 1. The zero-order valence-corrected chi connectivity index (χ0v) is 12.0. The number of nitrogens with one attached hydrogen (secondary N) is 2. The molecule has 0 spiro atoms. The van der Waals surface area contributed by atoms with E-state index in [9.17, 15) is 13.6 Å². The van der Waals surface area contributed by atoms with Gasteiger partial charge in [-0.2, -0.15) is 8.78 Å². The van der Waals surface area contributed by atoms with Crippen LogP contribution in [0, 0.1) is 6.92 Å². The van der Waals surface area contributed by atoms with E-state index >= 15 is 0 Å². The van der Waals surface area contributed by atoms with Gasteiger partial charge in [0.15, 0.2) is 0 Å². The molecule has 0 aromatic heterocycles. The topological polar surface area (TPSA) is 50.4 Å². The third-order valence-corrected chi connectivity index (χ3v) is 2.88. The van der Waals surface area contributed by atoms with Crippen molar-refractivity contribution in [3.63, 3.8) is 0 Å². The van der Waals surface area contributed by atoms with Gasteiger partial charge in [0.1, 0.15) is 5.75 Å². The van der Waals surface area contributed by atoms with E-state index in [0.29, 0.717) is 11.4 Å². The fourth-order valence-corrected chi connectivity index (χ4v) is 1.83. The van der Waals surface area contributed by atoms with Gasteiger partial charge in [-0.1, -0.05) is 29.8 Å². The van der Waals surface area contributed by atoms with Crippen molar-refractivity contribution >= 4 is 17.3 Å². The maximum atomic E-state index is 12.3. The van der Waals surface area contributed by atoms with Gasteiger partial charge >= 0.3 is 6.61 Å². The average Bonchev–Trinajstić information content (AvgIpc) is 2.48. The molecule has 0 atom stereocenters. The monoisotopic (exact) mass is 306 g/mol. The van der Waals surface area contributed by atoms with Gasteiger partial charge < -0.3 is 15.4 Å². The number of halogens is 2. The summed E-state index contributed by atoms with van der Waals surface area (Å²) in [5.74, 6) is -0.281. The van der Waals surface area contributed by atoms with Crippen LogP contribution in [-0.4, -0.2) is 19.1 Å². The first kappa shape index (κ1) is 15.8. The summed E-state index contributed by atoms with van der Waals surface area (Å²) in [6.07, 6.45) is 0. The van der Waals surface area contributed by atoms with Crippen molar-refractivity contribution < 1.29 is 18.3 Å². The number of carbonyl (C=O) groups excluding carboxylic acids is 1. The van der Waals surface area contributed by atoms with Crippen LogP contribution in [-0.2, 0) is 4.79 Å². The Kier molecular flexibility index (Phi) is 5.30. The van der Waals surface area contributed by atoms with Crippen molar-refractivity contribution in [2.75, 3.05) is 17.2 Å². The lowest BCUT2D eigenvalue weighted by molar-refractivity contribution is -0.114. The summed E-state index contributed by atoms with van der Waals surface area (Å²) >= 11 is 0. The van der Waals surface area contributed by atoms with Crippen LogP contribution in [0.1, 0.15) is 5.56 Å². The molecule has 0 bridgehead atoms. The van der Waals surface area contributed by atoms with Crippen LogP contribution in [0.4, 0.5) is 20.2 Å². The number of hydrogen-bond acceptors (Lipinski definition) is 3. The largest absolute Gasteiger partial charge is 0.433 e. The van der Waals surface area contributed by atoms with Crippen LogP contribution >= 0.6 is 0 Å². The highest BCUT2D eigenvalue weighted by atomic mass is 19.3. The van der Waals surface area contributed by atoms with Crippen molar-refractivity contribution in [2.45, 2.75) is 13.5 Å². The van der Waals surface area contributed by atoms with E-state index < -0.39 is 6.61 Å². The average molecular weight is 306 g/mol. The van der Waals surface area contributed by atoms with Crippen LogP contribution in [0.15, 0.2) is 48.5 Å². The van der Waals surface area contributed by atoms with E-state index in [1.165, 1.54) is 6.07 Å². The van der Waals surface area contributed by atoms with E-state index in [2.05, 4.69) is 15.4 Å². The molecule has 0 aliphatic rings. The number of para-hydroxylation sites is 2. The molecule has 22 heavy (non-hydrogen) atoms. The number of alkyl halides is 2. The maximum Gasteiger partial charge on any atom is 0.387 e. The van der Waals surface area contributed by atoms with Crippen LogP contribution in [0.25, 0.3) is 0 Å². The Bertz CT molecular complexity index is 630. The molecule has 2 aromatic rings. The molecule has 0 heterocycles. The first-order chi connectivity index (χ1) is 10.5. The molecule has 4 nitrogen and oxygen atoms in total. The van der Waals surface area contributed by atoms with E-state index in [4.69, 9.17) is 0 Å². The number of hydrogen-bond donors (Lipinski definition) is 2. The summed E-state index contributed by atoms with van der Waals surface area (Å²) in [4.78, 5) is 11.8. The molecular formula is C16H16F2N2O2. The molecule has 0 aliphatic carbocycles. The molecule has 2 aromatic carbocycles. The van der Waals surface area contributed by atoms with E-state index in [0.717, 1.165) is 5.56 Å².